The zero-order valence-electron chi connectivity index (χ0n) is 15.0. The van der Waals surface area contributed by atoms with E-state index in [1.54, 1.807) is 30.1 Å². The van der Waals surface area contributed by atoms with Crippen LogP contribution in [0.1, 0.15) is 12.0 Å². The minimum absolute atomic E-state index is 0.0781. The van der Waals surface area contributed by atoms with Gasteiger partial charge in [0.25, 0.3) is 5.56 Å². The fourth-order valence-electron chi connectivity index (χ4n) is 3.29. The molecule has 0 amide bonds. The van der Waals surface area contributed by atoms with E-state index in [0.29, 0.717) is 18.2 Å². The van der Waals surface area contributed by atoms with E-state index in [1.165, 1.54) is 5.57 Å². The average Bonchev–Trinajstić information content (AvgIpc) is 2.71. The van der Waals surface area contributed by atoms with Crippen molar-refractivity contribution in [2.75, 3.05) is 18.0 Å². The Bertz CT molecular complexity index is 1060. The molecule has 6 heteroatoms. The summed E-state index contributed by atoms with van der Waals surface area (Å²) in [5.74, 6) is 0.668. The van der Waals surface area contributed by atoms with Gasteiger partial charge in [-0.2, -0.15) is 0 Å². The van der Waals surface area contributed by atoms with Crippen LogP contribution >= 0.6 is 11.6 Å². The standard InChI is InChI=1S/C21H19ClN4O/c1-25-20(27)13-19(15-7-9-23-10-8-15)24-21(25)26-11-3-5-17(14-26)16-4-2-6-18(22)12-16/h2,4-10,12-13H,3,11,14H2,1H3. The van der Waals surface area contributed by atoms with Gasteiger partial charge in [-0.05, 0) is 41.8 Å². The Balaban J connectivity index is 1.70. The number of hydrogen-bond donors (Lipinski definition) is 0. The molecule has 3 heterocycles. The predicted octanol–water partition coefficient (Wildman–Crippen LogP) is 3.79. The van der Waals surface area contributed by atoms with Crippen molar-refractivity contribution < 1.29 is 0 Å². The molecule has 0 unspecified atom stereocenters. The first-order valence-electron chi connectivity index (χ1n) is 8.80. The van der Waals surface area contributed by atoms with Gasteiger partial charge in [-0.3, -0.25) is 14.3 Å². The van der Waals surface area contributed by atoms with Crippen LogP contribution in [-0.4, -0.2) is 27.6 Å². The molecule has 0 radical (unpaired) electrons. The highest BCUT2D eigenvalue weighted by Gasteiger charge is 2.19. The molecule has 5 nitrogen and oxygen atoms in total. The molecule has 0 N–H and O–H groups in total. The first-order valence-corrected chi connectivity index (χ1v) is 9.18. The van der Waals surface area contributed by atoms with Gasteiger partial charge in [0, 0.05) is 49.2 Å². The van der Waals surface area contributed by atoms with Crippen LogP contribution in [0, 0.1) is 0 Å². The van der Waals surface area contributed by atoms with Crippen LogP contribution in [0.5, 0.6) is 0 Å². The lowest BCUT2D eigenvalue weighted by Crippen LogP contribution is -2.35. The van der Waals surface area contributed by atoms with E-state index >= 15 is 0 Å². The van der Waals surface area contributed by atoms with Gasteiger partial charge in [-0.25, -0.2) is 4.98 Å². The van der Waals surface area contributed by atoms with E-state index in [9.17, 15) is 4.79 Å². The Morgan fingerprint density at radius 1 is 1.07 bits per heavy atom. The highest BCUT2D eigenvalue weighted by Crippen LogP contribution is 2.26. The zero-order chi connectivity index (χ0) is 18.8. The Hall–Kier alpha value is -2.92. The summed E-state index contributed by atoms with van der Waals surface area (Å²) in [5, 5.41) is 0.718. The third kappa shape index (κ3) is 3.64. The third-order valence-corrected chi connectivity index (χ3v) is 4.95. The van der Waals surface area contributed by atoms with Gasteiger partial charge in [0.05, 0.1) is 5.69 Å². The molecule has 0 bridgehead atoms. The number of benzene rings is 1. The first kappa shape index (κ1) is 17.5. The Morgan fingerprint density at radius 3 is 2.67 bits per heavy atom. The maximum Gasteiger partial charge on any atom is 0.255 e. The predicted molar refractivity (Wildman–Crippen MR) is 109 cm³/mol. The molecule has 2 aromatic heterocycles. The van der Waals surface area contributed by atoms with Crippen molar-refractivity contribution in [1.82, 2.24) is 14.5 Å². The van der Waals surface area contributed by atoms with Gasteiger partial charge in [0.1, 0.15) is 0 Å². The molecule has 0 spiro atoms. The van der Waals surface area contributed by atoms with Crippen molar-refractivity contribution >= 4 is 23.1 Å². The van der Waals surface area contributed by atoms with Gasteiger partial charge in [-0.1, -0.05) is 29.8 Å². The van der Waals surface area contributed by atoms with Crippen molar-refractivity contribution in [3.8, 4) is 11.3 Å². The van der Waals surface area contributed by atoms with E-state index in [2.05, 4.69) is 22.0 Å². The fraction of sp³-hybridized carbons (Fsp3) is 0.190. The number of anilines is 1. The summed E-state index contributed by atoms with van der Waals surface area (Å²) in [7, 11) is 1.76. The van der Waals surface area contributed by atoms with Crippen LogP contribution in [0.25, 0.3) is 16.8 Å². The molecular weight excluding hydrogens is 360 g/mol. The third-order valence-electron chi connectivity index (χ3n) is 4.72. The highest BCUT2D eigenvalue weighted by atomic mass is 35.5. The molecule has 0 aliphatic carbocycles. The van der Waals surface area contributed by atoms with Crippen molar-refractivity contribution in [2.24, 2.45) is 7.05 Å². The lowest BCUT2D eigenvalue weighted by atomic mass is 10.0. The van der Waals surface area contributed by atoms with Crippen LogP contribution in [-0.2, 0) is 7.05 Å². The number of nitrogens with zero attached hydrogens (tertiary/aromatic N) is 4. The highest BCUT2D eigenvalue weighted by molar-refractivity contribution is 6.30. The normalized spacial score (nSPS) is 14.1. The van der Waals surface area contributed by atoms with Crippen molar-refractivity contribution in [3.63, 3.8) is 0 Å². The summed E-state index contributed by atoms with van der Waals surface area (Å²) in [5.41, 5.74) is 3.75. The zero-order valence-corrected chi connectivity index (χ0v) is 15.7. The van der Waals surface area contributed by atoms with Crippen LogP contribution in [0.4, 0.5) is 5.95 Å². The Kier molecular flexibility index (Phi) is 4.77. The second-order valence-electron chi connectivity index (χ2n) is 6.52. The number of aromatic nitrogens is 3. The molecule has 0 fully saturated rings. The minimum atomic E-state index is -0.0781. The average molecular weight is 379 g/mol. The SMILES string of the molecule is Cn1c(N2CCC=C(c3cccc(Cl)c3)C2)nc(-c2ccncc2)cc1=O. The molecule has 1 aliphatic heterocycles. The van der Waals surface area contributed by atoms with E-state index in [0.717, 1.165) is 29.1 Å². The second kappa shape index (κ2) is 7.37. The van der Waals surface area contributed by atoms with Crippen LogP contribution in [0.3, 0.4) is 0 Å². The molecule has 27 heavy (non-hydrogen) atoms. The lowest BCUT2D eigenvalue weighted by Gasteiger charge is -2.30. The molecule has 136 valence electrons. The van der Waals surface area contributed by atoms with E-state index in [-0.39, 0.29) is 5.56 Å². The maximum atomic E-state index is 12.5. The summed E-state index contributed by atoms with van der Waals surface area (Å²) in [6.45, 7) is 1.49. The summed E-state index contributed by atoms with van der Waals surface area (Å²) in [6, 6.07) is 13.1. The van der Waals surface area contributed by atoms with Gasteiger partial charge in [-0.15, -0.1) is 0 Å². The number of rotatable bonds is 3. The molecule has 4 rings (SSSR count). The largest absolute Gasteiger partial charge is 0.338 e. The summed E-state index contributed by atoms with van der Waals surface area (Å²) < 4.78 is 1.60. The Morgan fingerprint density at radius 2 is 1.89 bits per heavy atom. The van der Waals surface area contributed by atoms with Crippen LogP contribution in [0.2, 0.25) is 5.02 Å². The topological polar surface area (TPSA) is 51.0 Å². The van der Waals surface area contributed by atoms with Crippen molar-refractivity contribution in [2.45, 2.75) is 6.42 Å². The van der Waals surface area contributed by atoms with Gasteiger partial charge >= 0.3 is 0 Å². The van der Waals surface area contributed by atoms with E-state index < -0.39 is 0 Å². The molecule has 0 saturated carbocycles. The smallest absolute Gasteiger partial charge is 0.255 e. The lowest BCUT2D eigenvalue weighted by molar-refractivity contribution is 0.727. The van der Waals surface area contributed by atoms with E-state index in [4.69, 9.17) is 16.6 Å². The molecule has 0 atom stereocenters. The van der Waals surface area contributed by atoms with Crippen LogP contribution in [0.15, 0.2) is 65.7 Å². The number of pyridine rings is 1. The quantitative estimate of drug-likeness (QED) is 0.695. The fourth-order valence-corrected chi connectivity index (χ4v) is 3.48. The van der Waals surface area contributed by atoms with Gasteiger partial charge in [0.2, 0.25) is 5.95 Å². The molecule has 1 aliphatic rings. The minimum Gasteiger partial charge on any atom is -0.338 e. The molecular formula is C21H19ClN4O. The molecule has 1 aromatic carbocycles. The maximum absolute atomic E-state index is 12.5. The molecule has 3 aromatic rings. The van der Waals surface area contributed by atoms with Crippen molar-refractivity contribution in [3.05, 3.63) is 81.9 Å². The number of halogens is 1. The summed E-state index contributed by atoms with van der Waals surface area (Å²) in [6.07, 6.45) is 6.52. The van der Waals surface area contributed by atoms with Crippen LogP contribution < -0.4 is 10.5 Å². The monoisotopic (exact) mass is 378 g/mol. The first-order chi connectivity index (χ1) is 13.1. The van der Waals surface area contributed by atoms with Gasteiger partial charge < -0.3 is 4.90 Å². The second-order valence-corrected chi connectivity index (χ2v) is 6.96. The molecule has 0 saturated heterocycles. The summed E-state index contributed by atoms with van der Waals surface area (Å²) in [4.78, 5) is 23.5. The van der Waals surface area contributed by atoms with Crippen molar-refractivity contribution in [1.29, 1.82) is 0 Å². The van der Waals surface area contributed by atoms with E-state index in [1.807, 2.05) is 30.3 Å². The summed E-state index contributed by atoms with van der Waals surface area (Å²) >= 11 is 6.15. The number of hydrogen-bond acceptors (Lipinski definition) is 4. The van der Waals surface area contributed by atoms with Gasteiger partial charge in [0.15, 0.2) is 0 Å². The Labute approximate surface area is 162 Å².